The standard InChI is InChI=1S/C66H52N6/c1-65(2,3)47-31-35-60-54(39-47)50-25-15-17-27-56(50)71(60)58-33-29-44(49-24-14-13-23-46(49)41-67)37-52(58)53-38-45(64-69-62(42-19-9-7-10-20-42)68-63(70-64)43-21-11-8-12-22-43)30-34-59(53)72-57-28-18-16-26-51(57)55-40-48(66(4,5)6)32-36-61(55)72/h7-40H,1-6H3. The molecule has 0 atom stereocenters. The molecule has 9 aromatic carbocycles. The van der Waals surface area contributed by atoms with Crippen molar-refractivity contribution in [1.29, 1.82) is 5.26 Å². The van der Waals surface area contributed by atoms with Crippen LogP contribution < -0.4 is 0 Å². The Balaban J connectivity index is 1.22. The lowest BCUT2D eigenvalue weighted by Gasteiger charge is -2.22. The summed E-state index contributed by atoms with van der Waals surface area (Å²) in [5, 5.41) is 15.3. The van der Waals surface area contributed by atoms with Crippen LogP contribution in [-0.4, -0.2) is 24.1 Å². The Kier molecular flexibility index (Phi) is 10.6. The lowest BCUT2D eigenvalue weighted by atomic mass is 9.86. The zero-order valence-electron chi connectivity index (χ0n) is 41.3. The summed E-state index contributed by atoms with van der Waals surface area (Å²) in [6.45, 7) is 13.6. The second-order valence-corrected chi connectivity index (χ2v) is 20.8. The summed E-state index contributed by atoms with van der Waals surface area (Å²) in [6.07, 6.45) is 0. The predicted octanol–water partition coefficient (Wildman–Crippen LogP) is 16.9. The van der Waals surface area contributed by atoms with E-state index in [0.717, 1.165) is 72.4 Å². The lowest BCUT2D eigenvalue weighted by Crippen LogP contribution is -2.10. The molecule has 0 saturated heterocycles. The largest absolute Gasteiger partial charge is 0.309 e. The number of nitrogens with zero attached hydrogens (tertiary/aromatic N) is 6. The zero-order valence-corrected chi connectivity index (χ0v) is 41.3. The minimum atomic E-state index is -0.0447. The summed E-state index contributed by atoms with van der Waals surface area (Å²) in [5.41, 5.74) is 15.9. The van der Waals surface area contributed by atoms with Gasteiger partial charge in [-0.25, -0.2) is 15.0 Å². The van der Waals surface area contributed by atoms with E-state index >= 15 is 0 Å². The monoisotopic (exact) mass is 928 g/mol. The molecular formula is C66H52N6. The van der Waals surface area contributed by atoms with Gasteiger partial charge in [0.2, 0.25) is 0 Å². The van der Waals surface area contributed by atoms with Crippen molar-refractivity contribution < 1.29 is 0 Å². The van der Waals surface area contributed by atoms with Crippen molar-refractivity contribution in [2.24, 2.45) is 0 Å². The Labute approximate surface area is 420 Å². The van der Waals surface area contributed by atoms with E-state index in [-0.39, 0.29) is 10.8 Å². The highest BCUT2D eigenvalue weighted by Gasteiger charge is 2.25. The summed E-state index contributed by atoms with van der Waals surface area (Å²) < 4.78 is 4.85. The summed E-state index contributed by atoms with van der Waals surface area (Å²) in [4.78, 5) is 15.6. The Morgan fingerprint density at radius 3 is 1.24 bits per heavy atom. The highest BCUT2D eigenvalue weighted by Crippen LogP contribution is 2.45. The number of nitriles is 1. The van der Waals surface area contributed by atoms with Crippen LogP contribution in [0.2, 0.25) is 0 Å². The molecule has 346 valence electrons. The minimum absolute atomic E-state index is 0.0422. The molecule has 0 fully saturated rings. The van der Waals surface area contributed by atoms with E-state index in [4.69, 9.17) is 15.0 Å². The molecule has 0 saturated carbocycles. The smallest absolute Gasteiger partial charge is 0.164 e. The van der Waals surface area contributed by atoms with Gasteiger partial charge in [0.1, 0.15) is 0 Å². The van der Waals surface area contributed by atoms with Crippen LogP contribution in [0.5, 0.6) is 0 Å². The number of benzene rings is 9. The first-order valence-electron chi connectivity index (χ1n) is 24.7. The van der Waals surface area contributed by atoms with Crippen LogP contribution >= 0.6 is 0 Å². The molecule has 0 bridgehead atoms. The van der Waals surface area contributed by atoms with Crippen LogP contribution in [0.4, 0.5) is 0 Å². The molecule has 6 nitrogen and oxygen atoms in total. The zero-order chi connectivity index (χ0) is 49.3. The molecule has 0 amide bonds. The van der Waals surface area contributed by atoms with E-state index in [1.165, 1.54) is 32.7 Å². The number of hydrogen-bond acceptors (Lipinski definition) is 4. The second-order valence-electron chi connectivity index (χ2n) is 20.8. The van der Waals surface area contributed by atoms with Gasteiger partial charge in [0.15, 0.2) is 17.5 Å². The molecule has 6 heteroatoms. The average Bonchev–Trinajstić information content (AvgIpc) is 3.92. The van der Waals surface area contributed by atoms with Gasteiger partial charge in [-0.1, -0.05) is 175 Å². The Bertz CT molecular complexity index is 4060. The van der Waals surface area contributed by atoms with Gasteiger partial charge < -0.3 is 9.13 Å². The van der Waals surface area contributed by atoms with Crippen LogP contribution in [-0.2, 0) is 10.8 Å². The van der Waals surface area contributed by atoms with Crippen molar-refractivity contribution in [3.8, 4) is 73.9 Å². The molecule has 3 heterocycles. The third kappa shape index (κ3) is 7.62. The number of para-hydroxylation sites is 2. The van der Waals surface area contributed by atoms with E-state index in [0.29, 0.717) is 23.0 Å². The maximum Gasteiger partial charge on any atom is 0.164 e. The number of fused-ring (bicyclic) bond motifs is 6. The number of aromatic nitrogens is 5. The van der Waals surface area contributed by atoms with Crippen molar-refractivity contribution in [2.75, 3.05) is 0 Å². The van der Waals surface area contributed by atoms with Crippen molar-refractivity contribution in [3.05, 3.63) is 223 Å². The summed E-state index contributed by atoms with van der Waals surface area (Å²) in [5.74, 6) is 1.75. The van der Waals surface area contributed by atoms with E-state index in [1.807, 2.05) is 84.9 Å². The lowest BCUT2D eigenvalue weighted by molar-refractivity contribution is 0.591. The van der Waals surface area contributed by atoms with Crippen LogP contribution in [0.1, 0.15) is 58.2 Å². The van der Waals surface area contributed by atoms with Crippen LogP contribution in [0.15, 0.2) is 206 Å². The molecule has 0 unspecified atom stereocenters. The Hall–Kier alpha value is -8.92. The molecule has 12 rings (SSSR count). The molecular weight excluding hydrogens is 877 g/mol. The average molecular weight is 929 g/mol. The van der Waals surface area contributed by atoms with E-state index < -0.39 is 0 Å². The highest BCUT2D eigenvalue weighted by molar-refractivity contribution is 6.12. The van der Waals surface area contributed by atoms with Crippen molar-refractivity contribution in [3.63, 3.8) is 0 Å². The fourth-order valence-corrected chi connectivity index (χ4v) is 10.4. The van der Waals surface area contributed by atoms with Crippen LogP contribution in [0.3, 0.4) is 0 Å². The molecule has 0 radical (unpaired) electrons. The van der Waals surface area contributed by atoms with Gasteiger partial charge in [0.25, 0.3) is 0 Å². The fraction of sp³-hybridized carbons (Fsp3) is 0.121. The Morgan fingerprint density at radius 2 is 0.750 bits per heavy atom. The van der Waals surface area contributed by atoms with E-state index in [1.54, 1.807) is 0 Å². The van der Waals surface area contributed by atoms with Crippen molar-refractivity contribution >= 4 is 43.6 Å². The van der Waals surface area contributed by atoms with Crippen molar-refractivity contribution in [2.45, 2.75) is 52.4 Å². The molecule has 0 spiro atoms. The van der Waals surface area contributed by atoms with Gasteiger partial charge in [-0.2, -0.15) is 5.26 Å². The van der Waals surface area contributed by atoms with E-state index in [9.17, 15) is 5.26 Å². The Morgan fingerprint density at radius 1 is 0.347 bits per heavy atom. The first-order chi connectivity index (χ1) is 34.9. The normalized spacial score (nSPS) is 12.0. The molecule has 12 aromatic rings. The summed E-state index contributed by atoms with van der Waals surface area (Å²) in [7, 11) is 0. The van der Waals surface area contributed by atoms with Gasteiger partial charge in [-0.3, -0.25) is 0 Å². The number of rotatable bonds is 7. The summed E-state index contributed by atoms with van der Waals surface area (Å²) in [6, 6.07) is 75.3. The molecule has 0 aliphatic rings. The SMILES string of the molecule is CC(C)(C)c1ccc2c(c1)c1ccccc1n2-c1ccc(-c2nc(-c3ccccc3)nc(-c3ccccc3)n2)cc1-c1cc(-c2ccccc2C#N)ccc1-n1c2ccccc2c2cc(C(C)(C)C)ccc21. The van der Waals surface area contributed by atoms with Crippen molar-refractivity contribution in [1.82, 2.24) is 24.1 Å². The fourth-order valence-electron chi connectivity index (χ4n) is 10.4. The molecule has 72 heavy (non-hydrogen) atoms. The van der Waals surface area contributed by atoms with Crippen LogP contribution in [0, 0.1) is 11.3 Å². The molecule has 3 aromatic heterocycles. The number of hydrogen-bond donors (Lipinski definition) is 0. The van der Waals surface area contributed by atoms with Gasteiger partial charge in [-0.05, 0) is 106 Å². The maximum atomic E-state index is 10.5. The first kappa shape index (κ1) is 44.3. The quantitative estimate of drug-likeness (QED) is 0.160. The minimum Gasteiger partial charge on any atom is -0.309 e. The third-order valence-electron chi connectivity index (χ3n) is 14.2. The maximum absolute atomic E-state index is 10.5. The second kappa shape index (κ2) is 17.2. The first-order valence-corrected chi connectivity index (χ1v) is 24.7. The third-order valence-corrected chi connectivity index (χ3v) is 14.2. The molecule has 0 aliphatic carbocycles. The van der Waals surface area contributed by atoms with Gasteiger partial charge >= 0.3 is 0 Å². The molecule has 0 N–H and O–H groups in total. The van der Waals surface area contributed by atoms with Gasteiger partial charge in [-0.15, -0.1) is 0 Å². The van der Waals surface area contributed by atoms with Gasteiger partial charge in [0, 0.05) is 49.4 Å². The molecule has 0 aliphatic heterocycles. The van der Waals surface area contributed by atoms with Crippen LogP contribution in [0.25, 0.3) is 111 Å². The van der Waals surface area contributed by atoms with E-state index in [2.05, 4.69) is 178 Å². The van der Waals surface area contributed by atoms with Gasteiger partial charge in [0.05, 0.1) is 45.1 Å². The highest BCUT2D eigenvalue weighted by atomic mass is 15.0. The summed E-state index contributed by atoms with van der Waals surface area (Å²) >= 11 is 0. The predicted molar refractivity (Wildman–Crippen MR) is 298 cm³/mol. The topological polar surface area (TPSA) is 72.3 Å².